The van der Waals surface area contributed by atoms with Gasteiger partial charge in [0.15, 0.2) is 11.5 Å². The highest BCUT2D eigenvalue weighted by atomic mass is 16.5. The van der Waals surface area contributed by atoms with Crippen molar-refractivity contribution in [3.05, 3.63) is 64.9 Å². The number of benzene rings is 2. The molecule has 1 aromatic heterocycles. The van der Waals surface area contributed by atoms with Crippen molar-refractivity contribution < 1.29 is 13.9 Å². The molecule has 1 aliphatic rings. The van der Waals surface area contributed by atoms with Gasteiger partial charge in [-0.15, -0.1) is 0 Å². The predicted octanol–water partition coefficient (Wildman–Crippen LogP) is 4.36. The molecular formula is C20H18O3. The first kappa shape index (κ1) is 14.1. The Morgan fingerprint density at radius 2 is 1.83 bits per heavy atom. The van der Waals surface area contributed by atoms with Gasteiger partial charge in [-0.3, -0.25) is 4.79 Å². The van der Waals surface area contributed by atoms with Gasteiger partial charge in [0.05, 0.1) is 6.61 Å². The van der Waals surface area contributed by atoms with E-state index in [4.69, 9.17) is 9.15 Å². The topological polar surface area (TPSA) is 39.4 Å². The molecule has 0 N–H and O–H groups in total. The number of rotatable bonds is 4. The Hall–Kier alpha value is -2.55. The Bertz CT molecular complexity index is 889. The van der Waals surface area contributed by atoms with E-state index in [0.717, 1.165) is 42.6 Å². The summed E-state index contributed by atoms with van der Waals surface area (Å²) in [6.07, 6.45) is 2.94. The van der Waals surface area contributed by atoms with E-state index < -0.39 is 0 Å². The fourth-order valence-electron chi connectivity index (χ4n) is 3.09. The fourth-order valence-corrected chi connectivity index (χ4v) is 3.09. The third-order valence-corrected chi connectivity index (χ3v) is 4.39. The number of ketones is 1. The molecule has 0 saturated heterocycles. The van der Waals surface area contributed by atoms with Gasteiger partial charge in [0, 0.05) is 18.7 Å². The zero-order valence-corrected chi connectivity index (χ0v) is 13.1. The van der Waals surface area contributed by atoms with Gasteiger partial charge >= 0.3 is 0 Å². The Morgan fingerprint density at radius 1 is 1.04 bits per heavy atom. The summed E-state index contributed by atoms with van der Waals surface area (Å²) in [5.74, 6) is 1.42. The van der Waals surface area contributed by atoms with Crippen LogP contribution < -0.4 is 4.74 Å². The molecule has 0 unspecified atom stereocenters. The molecule has 3 aromatic rings. The number of fused-ring (bicyclic) bond motifs is 2. The second-order valence-corrected chi connectivity index (χ2v) is 6.08. The molecule has 1 aliphatic heterocycles. The zero-order valence-electron chi connectivity index (χ0n) is 13.1. The maximum absolute atomic E-state index is 11.4. The molecule has 2 heterocycles. The lowest BCUT2D eigenvalue weighted by Gasteiger charge is -2.05. The minimum atomic E-state index is -0.0388. The van der Waals surface area contributed by atoms with E-state index in [1.165, 1.54) is 23.6 Å². The van der Waals surface area contributed by atoms with Crippen LogP contribution in [0.2, 0.25) is 0 Å². The van der Waals surface area contributed by atoms with Gasteiger partial charge in [-0.2, -0.15) is 0 Å². The van der Waals surface area contributed by atoms with E-state index in [0.29, 0.717) is 5.76 Å². The summed E-state index contributed by atoms with van der Waals surface area (Å²) in [4.78, 5) is 11.4. The first-order valence-electron chi connectivity index (χ1n) is 7.97. The van der Waals surface area contributed by atoms with Crippen LogP contribution in [0.5, 0.6) is 5.75 Å². The van der Waals surface area contributed by atoms with Crippen molar-refractivity contribution in [1.82, 2.24) is 0 Å². The SMILES string of the molecule is CC(=O)c1cc2ccc(CCc3ccc4c(c3)CCO4)cc2o1. The molecule has 3 heteroatoms. The zero-order chi connectivity index (χ0) is 15.8. The summed E-state index contributed by atoms with van der Waals surface area (Å²) in [7, 11) is 0. The highest BCUT2D eigenvalue weighted by molar-refractivity contribution is 5.96. The van der Waals surface area contributed by atoms with E-state index in [1.54, 1.807) is 0 Å². The number of aryl methyl sites for hydroxylation is 2. The van der Waals surface area contributed by atoms with Crippen LogP contribution in [0.25, 0.3) is 11.0 Å². The van der Waals surface area contributed by atoms with Crippen molar-refractivity contribution >= 4 is 16.8 Å². The van der Waals surface area contributed by atoms with Crippen molar-refractivity contribution in [2.24, 2.45) is 0 Å². The number of hydrogen-bond donors (Lipinski definition) is 0. The number of carbonyl (C=O) groups is 1. The Kier molecular flexibility index (Phi) is 3.41. The molecule has 0 radical (unpaired) electrons. The monoisotopic (exact) mass is 306 g/mol. The van der Waals surface area contributed by atoms with Gasteiger partial charge < -0.3 is 9.15 Å². The maximum atomic E-state index is 11.4. The standard InChI is InChI=1S/C20H18O3/c1-13(21)19-12-16-6-4-15(11-20(16)23-19)3-2-14-5-7-18-17(10-14)8-9-22-18/h4-7,10-12H,2-3,8-9H2,1H3. The Morgan fingerprint density at radius 3 is 2.65 bits per heavy atom. The number of Topliss-reactive ketones (excluding diaryl/α,β-unsaturated/α-hetero) is 1. The van der Waals surface area contributed by atoms with Crippen LogP contribution >= 0.6 is 0 Å². The molecular weight excluding hydrogens is 288 g/mol. The molecule has 0 bridgehead atoms. The lowest BCUT2D eigenvalue weighted by atomic mass is 10.0. The van der Waals surface area contributed by atoms with E-state index in [1.807, 2.05) is 18.2 Å². The van der Waals surface area contributed by atoms with Crippen LogP contribution in [0.15, 0.2) is 46.9 Å². The van der Waals surface area contributed by atoms with E-state index in [2.05, 4.69) is 24.3 Å². The van der Waals surface area contributed by atoms with Crippen LogP contribution in [-0.2, 0) is 19.3 Å². The molecule has 0 atom stereocenters. The van der Waals surface area contributed by atoms with Crippen molar-refractivity contribution in [3.63, 3.8) is 0 Å². The molecule has 4 rings (SSSR count). The second kappa shape index (κ2) is 5.58. The normalized spacial score (nSPS) is 13.1. The third kappa shape index (κ3) is 2.74. The van der Waals surface area contributed by atoms with Crippen molar-refractivity contribution in [3.8, 4) is 5.75 Å². The molecule has 0 spiro atoms. The lowest BCUT2D eigenvalue weighted by molar-refractivity contribution is 0.0989. The molecule has 23 heavy (non-hydrogen) atoms. The maximum Gasteiger partial charge on any atom is 0.194 e. The highest BCUT2D eigenvalue weighted by Gasteiger charge is 2.12. The molecule has 0 aliphatic carbocycles. The molecule has 2 aromatic carbocycles. The number of furan rings is 1. The van der Waals surface area contributed by atoms with Crippen LogP contribution in [0.3, 0.4) is 0 Å². The minimum absolute atomic E-state index is 0.0388. The van der Waals surface area contributed by atoms with Crippen LogP contribution in [0.4, 0.5) is 0 Å². The molecule has 0 fully saturated rings. The minimum Gasteiger partial charge on any atom is -0.493 e. The van der Waals surface area contributed by atoms with Crippen molar-refractivity contribution in [1.29, 1.82) is 0 Å². The highest BCUT2D eigenvalue weighted by Crippen LogP contribution is 2.27. The number of carbonyl (C=O) groups excluding carboxylic acids is 1. The van der Waals surface area contributed by atoms with E-state index >= 15 is 0 Å². The summed E-state index contributed by atoms with van der Waals surface area (Å²) in [6.45, 7) is 2.32. The number of hydrogen-bond acceptors (Lipinski definition) is 3. The van der Waals surface area contributed by atoms with Crippen LogP contribution in [0, 0.1) is 0 Å². The summed E-state index contributed by atoms with van der Waals surface area (Å²) in [6, 6.07) is 14.5. The largest absolute Gasteiger partial charge is 0.493 e. The van der Waals surface area contributed by atoms with E-state index in [9.17, 15) is 4.79 Å². The Balaban J connectivity index is 1.52. The molecule has 0 saturated carbocycles. The Labute approximate surface area is 134 Å². The summed E-state index contributed by atoms with van der Waals surface area (Å²) < 4.78 is 11.2. The van der Waals surface area contributed by atoms with Gasteiger partial charge in [-0.1, -0.05) is 24.3 Å². The predicted molar refractivity (Wildman–Crippen MR) is 89.3 cm³/mol. The summed E-state index contributed by atoms with van der Waals surface area (Å²) in [5, 5.41) is 0.980. The lowest BCUT2D eigenvalue weighted by Crippen LogP contribution is -1.92. The first-order chi connectivity index (χ1) is 11.2. The van der Waals surface area contributed by atoms with Gasteiger partial charge in [0.1, 0.15) is 11.3 Å². The molecule has 116 valence electrons. The first-order valence-corrected chi connectivity index (χ1v) is 7.97. The third-order valence-electron chi connectivity index (χ3n) is 4.39. The van der Waals surface area contributed by atoms with Gasteiger partial charge in [-0.25, -0.2) is 0 Å². The molecule has 0 amide bonds. The van der Waals surface area contributed by atoms with Gasteiger partial charge in [0.2, 0.25) is 0 Å². The van der Waals surface area contributed by atoms with E-state index in [-0.39, 0.29) is 5.78 Å². The summed E-state index contributed by atoms with van der Waals surface area (Å²) >= 11 is 0. The van der Waals surface area contributed by atoms with Gasteiger partial charge in [-0.05, 0) is 47.7 Å². The molecule has 3 nitrogen and oxygen atoms in total. The quantitative estimate of drug-likeness (QED) is 0.672. The van der Waals surface area contributed by atoms with Crippen molar-refractivity contribution in [2.75, 3.05) is 6.61 Å². The van der Waals surface area contributed by atoms with Crippen LogP contribution in [-0.4, -0.2) is 12.4 Å². The van der Waals surface area contributed by atoms with Crippen molar-refractivity contribution in [2.45, 2.75) is 26.2 Å². The van der Waals surface area contributed by atoms with Crippen LogP contribution in [0.1, 0.15) is 34.2 Å². The number of ether oxygens (including phenoxy) is 1. The van der Waals surface area contributed by atoms with Gasteiger partial charge in [0.25, 0.3) is 0 Å². The summed E-state index contributed by atoms with van der Waals surface area (Å²) in [5.41, 5.74) is 4.65. The second-order valence-electron chi connectivity index (χ2n) is 6.08. The smallest absolute Gasteiger partial charge is 0.194 e. The average molecular weight is 306 g/mol. The average Bonchev–Trinajstić information content (AvgIpc) is 3.18. The fraction of sp³-hybridized carbons (Fsp3) is 0.250.